The van der Waals surface area contributed by atoms with Crippen molar-refractivity contribution < 1.29 is 28.5 Å². The lowest BCUT2D eigenvalue weighted by Gasteiger charge is -2.12. The molecule has 0 bridgehead atoms. The maximum Gasteiger partial charge on any atom is 0.333 e. The molecule has 0 aliphatic rings. The fourth-order valence-electron chi connectivity index (χ4n) is 1.18. The number of ether oxygens (including phenoxy) is 4. The molecule has 116 valence electrons. The van der Waals surface area contributed by atoms with Crippen molar-refractivity contribution in [1.82, 2.24) is 0 Å². The second-order valence-electron chi connectivity index (χ2n) is 4.08. The molecule has 0 aliphatic heterocycles. The van der Waals surface area contributed by atoms with E-state index in [4.69, 9.17) is 18.9 Å². The summed E-state index contributed by atoms with van der Waals surface area (Å²) in [5, 5.41) is 0. The van der Waals surface area contributed by atoms with E-state index in [-0.39, 0.29) is 0 Å². The SMILES string of the molecule is CCCOC(C)OC(=O)C=CC(=O)OC(C)OCCC. The molecule has 0 radical (unpaired) electrons. The van der Waals surface area contributed by atoms with Crippen molar-refractivity contribution in [2.75, 3.05) is 13.2 Å². The van der Waals surface area contributed by atoms with Crippen molar-refractivity contribution in [1.29, 1.82) is 0 Å². The Bertz CT molecular complexity index is 283. The van der Waals surface area contributed by atoms with Gasteiger partial charge in [0, 0.05) is 12.2 Å². The highest BCUT2D eigenvalue weighted by Gasteiger charge is 2.09. The summed E-state index contributed by atoms with van der Waals surface area (Å²) < 4.78 is 20.1. The molecule has 6 heteroatoms. The summed E-state index contributed by atoms with van der Waals surface area (Å²) in [7, 11) is 0. The van der Waals surface area contributed by atoms with E-state index in [1.807, 2.05) is 13.8 Å². The first-order valence-corrected chi connectivity index (χ1v) is 6.82. The van der Waals surface area contributed by atoms with Gasteiger partial charge >= 0.3 is 11.9 Å². The molecule has 0 saturated carbocycles. The number of hydrogen-bond donors (Lipinski definition) is 0. The van der Waals surface area contributed by atoms with Crippen molar-refractivity contribution in [2.45, 2.75) is 53.1 Å². The maximum absolute atomic E-state index is 11.4. The first kappa shape index (κ1) is 18.6. The summed E-state index contributed by atoms with van der Waals surface area (Å²) in [4.78, 5) is 22.7. The van der Waals surface area contributed by atoms with E-state index in [0.717, 1.165) is 25.0 Å². The Balaban J connectivity index is 3.96. The van der Waals surface area contributed by atoms with E-state index in [0.29, 0.717) is 13.2 Å². The zero-order valence-electron chi connectivity index (χ0n) is 12.6. The molecule has 0 spiro atoms. The van der Waals surface area contributed by atoms with E-state index in [2.05, 4.69) is 0 Å². The molecule has 6 nitrogen and oxygen atoms in total. The molecule has 0 saturated heterocycles. The Hall–Kier alpha value is -1.40. The molecular weight excluding hydrogens is 264 g/mol. The molecule has 0 fully saturated rings. The lowest BCUT2D eigenvalue weighted by atomic mass is 10.5. The minimum Gasteiger partial charge on any atom is -0.433 e. The summed E-state index contributed by atoms with van der Waals surface area (Å²) in [5.74, 6) is -1.32. The zero-order valence-corrected chi connectivity index (χ0v) is 12.6. The van der Waals surface area contributed by atoms with Gasteiger partial charge in [0.15, 0.2) is 12.6 Å². The quantitative estimate of drug-likeness (QED) is 0.348. The van der Waals surface area contributed by atoms with E-state index in [1.165, 1.54) is 0 Å². The normalized spacial score (nSPS) is 14.0. The van der Waals surface area contributed by atoms with E-state index in [9.17, 15) is 9.59 Å². The standard InChI is InChI=1S/C14H24O6/c1-5-9-17-11(3)19-13(15)7-8-14(16)20-12(4)18-10-6-2/h7-8,11-12H,5-6,9-10H2,1-4H3. The summed E-state index contributed by atoms with van der Waals surface area (Å²) in [5.41, 5.74) is 0. The molecule has 0 aromatic heterocycles. The summed E-state index contributed by atoms with van der Waals surface area (Å²) >= 11 is 0. The van der Waals surface area contributed by atoms with Gasteiger partial charge in [-0.3, -0.25) is 0 Å². The third-order valence-corrected chi connectivity index (χ3v) is 2.03. The Morgan fingerprint density at radius 3 is 1.50 bits per heavy atom. The summed E-state index contributed by atoms with van der Waals surface area (Å²) in [6.07, 6.45) is 2.38. The molecule has 2 atom stereocenters. The van der Waals surface area contributed by atoms with Gasteiger partial charge in [-0.15, -0.1) is 0 Å². The van der Waals surface area contributed by atoms with Crippen LogP contribution in [0.1, 0.15) is 40.5 Å². The lowest BCUT2D eigenvalue weighted by Crippen LogP contribution is -2.19. The predicted molar refractivity (Wildman–Crippen MR) is 72.7 cm³/mol. The van der Waals surface area contributed by atoms with Crippen LogP contribution < -0.4 is 0 Å². The molecular formula is C14H24O6. The number of carbonyl (C=O) groups is 2. The number of rotatable bonds is 10. The lowest BCUT2D eigenvalue weighted by molar-refractivity contribution is -0.171. The molecule has 20 heavy (non-hydrogen) atoms. The van der Waals surface area contributed by atoms with E-state index in [1.54, 1.807) is 13.8 Å². The highest BCUT2D eigenvalue weighted by molar-refractivity contribution is 5.91. The Labute approximate surface area is 120 Å². The molecule has 0 aliphatic carbocycles. The van der Waals surface area contributed by atoms with Crippen LogP contribution in [0.5, 0.6) is 0 Å². The van der Waals surface area contributed by atoms with Crippen LogP contribution in [-0.4, -0.2) is 37.7 Å². The molecule has 0 N–H and O–H groups in total. The van der Waals surface area contributed by atoms with Crippen LogP contribution in [0.25, 0.3) is 0 Å². The van der Waals surface area contributed by atoms with Crippen molar-refractivity contribution >= 4 is 11.9 Å². The van der Waals surface area contributed by atoms with Crippen LogP contribution in [-0.2, 0) is 28.5 Å². The molecule has 0 heterocycles. The zero-order chi connectivity index (χ0) is 15.4. The van der Waals surface area contributed by atoms with Crippen molar-refractivity contribution in [3.05, 3.63) is 12.2 Å². The van der Waals surface area contributed by atoms with Gasteiger partial charge in [-0.25, -0.2) is 9.59 Å². The Morgan fingerprint density at radius 2 is 1.20 bits per heavy atom. The minimum atomic E-state index is -0.660. The van der Waals surface area contributed by atoms with Gasteiger partial charge in [0.1, 0.15) is 0 Å². The average molecular weight is 288 g/mol. The molecule has 0 amide bonds. The topological polar surface area (TPSA) is 71.1 Å². The third-order valence-electron chi connectivity index (χ3n) is 2.03. The van der Waals surface area contributed by atoms with Crippen molar-refractivity contribution in [3.63, 3.8) is 0 Å². The fourth-order valence-corrected chi connectivity index (χ4v) is 1.18. The van der Waals surface area contributed by atoms with Crippen LogP contribution >= 0.6 is 0 Å². The van der Waals surface area contributed by atoms with E-state index < -0.39 is 24.5 Å². The Kier molecular flexibility index (Phi) is 10.6. The maximum atomic E-state index is 11.4. The highest BCUT2D eigenvalue weighted by Crippen LogP contribution is 1.99. The van der Waals surface area contributed by atoms with Gasteiger partial charge in [-0.05, 0) is 26.7 Å². The van der Waals surface area contributed by atoms with Crippen LogP contribution in [0.3, 0.4) is 0 Å². The van der Waals surface area contributed by atoms with Crippen LogP contribution in [0.2, 0.25) is 0 Å². The average Bonchev–Trinajstić information content (AvgIpc) is 2.40. The Morgan fingerprint density at radius 1 is 0.850 bits per heavy atom. The largest absolute Gasteiger partial charge is 0.433 e. The smallest absolute Gasteiger partial charge is 0.333 e. The van der Waals surface area contributed by atoms with Crippen molar-refractivity contribution in [3.8, 4) is 0 Å². The molecule has 2 unspecified atom stereocenters. The van der Waals surface area contributed by atoms with Gasteiger partial charge in [-0.1, -0.05) is 13.8 Å². The molecule has 0 aromatic carbocycles. The second-order valence-corrected chi connectivity index (χ2v) is 4.08. The van der Waals surface area contributed by atoms with Crippen LogP contribution in [0.4, 0.5) is 0 Å². The van der Waals surface area contributed by atoms with E-state index >= 15 is 0 Å². The van der Waals surface area contributed by atoms with Crippen molar-refractivity contribution in [2.24, 2.45) is 0 Å². The summed E-state index contributed by atoms with van der Waals surface area (Å²) in [6.45, 7) is 8.14. The number of hydrogen-bond acceptors (Lipinski definition) is 6. The molecule has 0 aromatic rings. The van der Waals surface area contributed by atoms with Gasteiger partial charge in [0.25, 0.3) is 0 Å². The summed E-state index contributed by atoms with van der Waals surface area (Å²) in [6, 6.07) is 0. The second kappa shape index (κ2) is 11.4. The predicted octanol–water partition coefficient (Wildman–Crippen LogP) is 2.17. The first-order chi connectivity index (χ1) is 9.49. The first-order valence-electron chi connectivity index (χ1n) is 6.82. The van der Waals surface area contributed by atoms with Gasteiger partial charge in [-0.2, -0.15) is 0 Å². The van der Waals surface area contributed by atoms with Gasteiger partial charge in [0.05, 0.1) is 13.2 Å². The molecule has 0 rings (SSSR count). The third kappa shape index (κ3) is 10.5. The van der Waals surface area contributed by atoms with Gasteiger partial charge in [0.2, 0.25) is 0 Å². The number of esters is 2. The number of carbonyl (C=O) groups excluding carboxylic acids is 2. The van der Waals surface area contributed by atoms with Crippen LogP contribution in [0, 0.1) is 0 Å². The monoisotopic (exact) mass is 288 g/mol. The van der Waals surface area contributed by atoms with Gasteiger partial charge < -0.3 is 18.9 Å². The fraction of sp³-hybridized carbons (Fsp3) is 0.714. The minimum absolute atomic E-state index is 0.506. The van der Waals surface area contributed by atoms with Crippen LogP contribution in [0.15, 0.2) is 12.2 Å². The highest BCUT2D eigenvalue weighted by atomic mass is 16.7.